The van der Waals surface area contributed by atoms with Crippen LogP contribution in [0.25, 0.3) is 11.0 Å². The Kier molecular flexibility index (Phi) is 2.28. The second-order valence-electron chi connectivity index (χ2n) is 2.63. The van der Waals surface area contributed by atoms with Gasteiger partial charge in [0, 0.05) is 0 Å². The maximum atomic E-state index is 4.10. The minimum atomic E-state index is 0.577. The molecule has 5 nitrogen and oxygen atoms in total. The van der Waals surface area contributed by atoms with Gasteiger partial charge in [-0.15, -0.1) is 5.92 Å². The number of hydrogen-bond acceptors (Lipinski definition) is 4. The van der Waals surface area contributed by atoms with E-state index in [0.29, 0.717) is 6.54 Å². The number of fused-ring (bicyclic) bond motifs is 1. The summed E-state index contributed by atoms with van der Waals surface area (Å²) in [6.07, 6.45) is 3.18. The van der Waals surface area contributed by atoms with Crippen LogP contribution in [0, 0.1) is 11.8 Å². The second-order valence-corrected chi connectivity index (χ2v) is 2.63. The molecule has 2 heterocycles. The molecule has 2 rings (SSSR count). The molecule has 2 aromatic rings. The predicted octanol–water partition coefficient (Wildman–Crippen LogP) is 0.788. The van der Waals surface area contributed by atoms with Gasteiger partial charge in [0.2, 0.25) is 0 Å². The molecule has 0 aliphatic carbocycles. The smallest absolute Gasteiger partial charge is 0.160 e. The fourth-order valence-electron chi connectivity index (χ4n) is 1.12. The summed E-state index contributed by atoms with van der Waals surface area (Å²) in [6.45, 7) is 2.38. The van der Waals surface area contributed by atoms with Crippen molar-refractivity contribution in [2.45, 2.75) is 6.92 Å². The molecule has 0 fully saturated rings. The molecule has 14 heavy (non-hydrogen) atoms. The number of hydrogen-bond donors (Lipinski definition) is 2. The average molecular weight is 187 g/mol. The summed E-state index contributed by atoms with van der Waals surface area (Å²) in [6, 6.07) is 0. The molecule has 0 aromatic carbocycles. The molecule has 0 aliphatic rings. The summed E-state index contributed by atoms with van der Waals surface area (Å²) < 4.78 is 0. The second kappa shape index (κ2) is 3.75. The lowest BCUT2D eigenvalue weighted by Gasteiger charge is -2.00. The third kappa shape index (κ3) is 1.50. The Bertz CT molecular complexity index is 490. The third-order valence-electron chi connectivity index (χ3n) is 1.77. The van der Waals surface area contributed by atoms with Crippen LogP contribution in [-0.2, 0) is 0 Å². The molecular weight excluding hydrogens is 178 g/mol. The van der Waals surface area contributed by atoms with Crippen LogP contribution in [0.1, 0.15) is 6.92 Å². The number of anilines is 1. The SMILES string of the molecule is CC#CCNc1ncnc2[nH]ncc12. The summed E-state index contributed by atoms with van der Waals surface area (Å²) in [5.41, 5.74) is 0.729. The molecule has 2 N–H and O–H groups in total. The Morgan fingerprint density at radius 2 is 2.43 bits per heavy atom. The minimum absolute atomic E-state index is 0.577. The van der Waals surface area contributed by atoms with Gasteiger partial charge >= 0.3 is 0 Å². The summed E-state index contributed by atoms with van der Waals surface area (Å²) in [7, 11) is 0. The van der Waals surface area contributed by atoms with Crippen LogP contribution in [0.15, 0.2) is 12.5 Å². The van der Waals surface area contributed by atoms with E-state index >= 15 is 0 Å². The van der Waals surface area contributed by atoms with Crippen molar-refractivity contribution in [1.29, 1.82) is 0 Å². The van der Waals surface area contributed by atoms with Crippen molar-refractivity contribution in [2.24, 2.45) is 0 Å². The minimum Gasteiger partial charge on any atom is -0.358 e. The van der Waals surface area contributed by atoms with Gasteiger partial charge in [0.1, 0.15) is 12.1 Å². The van der Waals surface area contributed by atoms with E-state index in [4.69, 9.17) is 0 Å². The first kappa shape index (κ1) is 8.51. The van der Waals surface area contributed by atoms with Crippen molar-refractivity contribution < 1.29 is 0 Å². The fraction of sp³-hybridized carbons (Fsp3) is 0.222. The highest BCUT2D eigenvalue weighted by Gasteiger charge is 2.02. The Morgan fingerprint density at radius 3 is 3.29 bits per heavy atom. The zero-order valence-electron chi connectivity index (χ0n) is 7.70. The molecule has 0 radical (unpaired) electrons. The molecule has 0 spiro atoms. The molecule has 0 unspecified atom stereocenters. The van der Waals surface area contributed by atoms with E-state index in [9.17, 15) is 0 Å². The van der Waals surface area contributed by atoms with Gasteiger partial charge in [0.05, 0.1) is 18.1 Å². The standard InChI is InChI=1S/C9H9N5/c1-2-3-4-10-8-7-5-13-14-9(7)12-6-11-8/h5-6H,4H2,1H3,(H2,10,11,12,13,14). The largest absolute Gasteiger partial charge is 0.358 e. The first-order valence-electron chi connectivity index (χ1n) is 4.19. The molecule has 0 amide bonds. The van der Waals surface area contributed by atoms with Crippen molar-refractivity contribution in [3.05, 3.63) is 12.5 Å². The third-order valence-corrected chi connectivity index (χ3v) is 1.77. The van der Waals surface area contributed by atoms with Gasteiger partial charge < -0.3 is 5.32 Å². The lowest BCUT2D eigenvalue weighted by Crippen LogP contribution is -2.01. The summed E-state index contributed by atoms with van der Waals surface area (Å²) in [4.78, 5) is 8.13. The van der Waals surface area contributed by atoms with E-state index in [1.807, 2.05) is 0 Å². The van der Waals surface area contributed by atoms with Gasteiger partial charge in [0.15, 0.2) is 5.65 Å². The molecule has 0 saturated heterocycles. The van der Waals surface area contributed by atoms with E-state index in [-0.39, 0.29) is 0 Å². The summed E-state index contributed by atoms with van der Waals surface area (Å²) in [5.74, 6) is 6.46. The predicted molar refractivity (Wildman–Crippen MR) is 53.6 cm³/mol. The first-order chi connectivity index (χ1) is 6.92. The van der Waals surface area contributed by atoms with E-state index in [2.05, 4.69) is 37.3 Å². The number of aromatic amines is 1. The monoisotopic (exact) mass is 187 g/mol. The molecule has 5 heteroatoms. The Hall–Kier alpha value is -2.09. The number of rotatable bonds is 2. The Labute approximate surface area is 81.0 Å². The van der Waals surface area contributed by atoms with Crippen molar-refractivity contribution in [3.63, 3.8) is 0 Å². The fourth-order valence-corrected chi connectivity index (χ4v) is 1.12. The van der Waals surface area contributed by atoms with Crippen LogP contribution in [0.5, 0.6) is 0 Å². The van der Waals surface area contributed by atoms with Crippen molar-refractivity contribution in [3.8, 4) is 11.8 Å². The van der Waals surface area contributed by atoms with Gasteiger partial charge in [-0.1, -0.05) is 5.92 Å². The average Bonchev–Trinajstić information content (AvgIpc) is 2.67. The molecule has 0 aliphatic heterocycles. The topological polar surface area (TPSA) is 66.5 Å². The van der Waals surface area contributed by atoms with Gasteiger partial charge in [-0.05, 0) is 6.92 Å². The molecule has 70 valence electrons. The number of aromatic nitrogens is 4. The molecular formula is C9H9N5. The molecule has 0 saturated carbocycles. The Morgan fingerprint density at radius 1 is 1.50 bits per heavy atom. The summed E-state index contributed by atoms with van der Waals surface area (Å²) in [5, 5.41) is 10.6. The van der Waals surface area contributed by atoms with Gasteiger partial charge in [-0.25, -0.2) is 9.97 Å². The molecule has 0 atom stereocenters. The lowest BCUT2D eigenvalue weighted by atomic mass is 10.4. The van der Waals surface area contributed by atoms with E-state index in [1.54, 1.807) is 13.1 Å². The van der Waals surface area contributed by atoms with Crippen molar-refractivity contribution in [2.75, 3.05) is 11.9 Å². The zero-order chi connectivity index (χ0) is 9.80. The van der Waals surface area contributed by atoms with Gasteiger partial charge in [-0.2, -0.15) is 5.10 Å². The van der Waals surface area contributed by atoms with Crippen LogP contribution in [-0.4, -0.2) is 26.7 Å². The number of H-pyrrole nitrogens is 1. The van der Waals surface area contributed by atoms with Crippen LogP contribution in [0.3, 0.4) is 0 Å². The van der Waals surface area contributed by atoms with Crippen molar-refractivity contribution >= 4 is 16.9 Å². The van der Waals surface area contributed by atoms with E-state index < -0.39 is 0 Å². The maximum Gasteiger partial charge on any atom is 0.160 e. The summed E-state index contributed by atoms with van der Waals surface area (Å²) >= 11 is 0. The molecule has 2 aromatic heterocycles. The van der Waals surface area contributed by atoms with Crippen LogP contribution in [0.2, 0.25) is 0 Å². The highest BCUT2D eigenvalue weighted by molar-refractivity contribution is 5.85. The zero-order valence-corrected chi connectivity index (χ0v) is 7.70. The van der Waals surface area contributed by atoms with Crippen LogP contribution in [0.4, 0.5) is 5.82 Å². The van der Waals surface area contributed by atoms with E-state index in [0.717, 1.165) is 16.9 Å². The lowest BCUT2D eigenvalue weighted by molar-refractivity contribution is 1.09. The number of nitrogens with zero attached hydrogens (tertiary/aromatic N) is 3. The van der Waals surface area contributed by atoms with Gasteiger partial charge in [0.25, 0.3) is 0 Å². The molecule has 0 bridgehead atoms. The van der Waals surface area contributed by atoms with Crippen LogP contribution < -0.4 is 5.32 Å². The quantitative estimate of drug-likeness (QED) is 0.682. The highest BCUT2D eigenvalue weighted by Crippen LogP contribution is 2.15. The Balaban J connectivity index is 2.30. The van der Waals surface area contributed by atoms with E-state index in [1.165, 1.54) is 6.33 Å². The van der Waals surface area contributed by atoms with Crippen LogP contribution >= 0.6 is 0 Å². The highest BCUT2D eigenvalue weighted by atomic mass is 15.2. The number of nitrogens with one attached hydrogen (secondary N) is 2. The maximum absolute atomic E-state index is 4.10. The first-order valence-corrected chi connectivity index (χ1v) is 4.19. The van der Waals surface area contributed by atoms with Gasteiger partial charge in [-0.3, -0.25) is 5.10 Å². The normalized spacial score (nSPS) is 9.50. The van der Waals surface area contributed by atoms with Crippen molar-refractivity contribution in [1.82, 2.24) is 20.2 Å².